The van der Waals surface area contributed by atoms with Gasteiger partial charge in [-0.2, -0.15) is 21.6 Å². The molecule has 0 aromatic heterocycles. The molecule has 1 atom stereocenters. The number of alkyl halides is 3. The molecule has 1 unspecified atom stereocenters. The lowest BCUT2D eigenvalue weighted by molar-refractivity contribution is -0.154. The molecule has 0 spiro atoms. The third kappa shape index (κ3) is 4.35. The number of rotatable bonds is 2. The molecule has 0 aromatic carbocycles. The predicted octanol–water partition coefficient (Wildman–Crippen LogP) is 1.15. The highest BCUT2D eigenvalue weighted by atomic mass is 32.2. The number of hydrogen-bond acceptors (Lipinski definition) is 4. The fourth-order valence-electron chi connectivity index (χ4n) is 1.15. The maximum Gasteiger partial charge on any atom is 0.379 e. The largest absolute Gasteiger partial charge is 0.479 e. The van der Waals surface area contributed by atoms with Gasteiger partial charge in [0.05, 0.1) is 5.75 Å². The van der Waals surface area contributed by atoms with Crippen LogP contribution in [0.3, 0.4) is 0 Å². The van der Waals surface area contributed by atoms with Crippen molar-refractivity contribution in [3.63, 3.8) is 0 Å². The van der Waals surface area contributed by atoms with Gasteiger partial charge in [0.15, 0.2) is 5.60 Å². The highest BCUT2D eigenvalue weighted by Gasteiger charge is 2.48. The van der Waals surface area contributed by atoms with Crippen molar-refractivity contribution >= 4 is 16.1 Å². The summed E-state index contributed by atoms with van der Waals surface area (Å²) in [5.74, 6) is -1.40. The molecule has 1 saturated heterocycles. The van der Waals surface area contributed by atoms with Gasteiger partial charge in [0.25, 0.3) is 10.1 Å². The Balaban J connectivity index is 0.000000487. The zero-order chi connectivity index (χ0) is 13.0. The normalized spacial score (nSPS) is 27.3. The summed E-state index contributed by atoms with van der Waals surface area (Å²) in [5, 5.41) is 8.71. The van der Waals surface area contributed by atoms with E-state index in [1.54, 1.807) is 6.92 Å². The van der Waals surface area contributed by atoms with Crippen LogP contribution in [-0.2, 0) is 19.1 Å². The van der Waals surface area contributed by atoms with E-state index in [0.717, 1.165) is 0 Å². The van der Waals surface area contributed by atoms with E-state index in [0.29, 0.717) is 0 Å². The third-order valence-electron chi connectivity index (χ3n) is 2.00. The van der Waals surface area contributed by atoms with E-state index in [2.05, 4.69) is 4.18 Å². The standard InChI is InChI=1S/C6H10O5S.CHF3/c1-2-6(5(7)8)3-4-12(9,10)11-6;2-1(3)4/h2-4H2,1H3,(H,7,8);1H. The molecule has 9 heteroatoms. The molecule has 1 N–H and O–H groups in total. The zero-order valence-electron chi connectivity index (χ0n) is 8.32. The van der Waals surface area contributed by atoms with Crippen molar-refractivity contribution in [1.29, 1.82) is 0 Å². The first-order valence-corrected chi connectivity index (χ1v) is 5.82. The van der Waals surface area contributed by atoms with Crippen molar-refractivity contribution < 1.29 is 35.7 Å². The smallest absolute Gasteiger partial charge is 0.379 e. The summed E-state index contributed by atoms with van der Waals surface area (Å²) in [6.45, 7) is -2.07. The molecule has 1 heterocycles. The van der Waals surface area contributed by atoms with Crippen molar-refractivity contribution in [3.05, 3.63) is 0 Å². The van der Waals surface area contributed by atoms with E-state index in [4.69, 9.17) is 5.11 Å². The Kier molecular flexibility index (Phi) is 5.20. The summed E-state index contributed by atoms with van der Waals surface area (Å²) in [5.41, 5.74) is -1.50. The first-order chi connectivity index (χ1) is 7.15. The minimum absolute atomic E-state index is 0.0428. The molecule has 0 bridgehead atoms. The van der Waals surface area contributed by atoms with Crippen LogP contribution in [0, 0.1) is 0 Å². The summed E-state index contributed by atoms with van der Waals surface area (Å²) in [7, 11) is -3.59. The molecule has 96 valence electrons. The number of aliphatic carboxylic acids is 1. The molecule has 0 saturated carbocycles. The van der Waals surface area contributed by atoms with Gasteiger partial charge in [-0.3, -0.25) is 4.18 Å². The molecule has 1 rings (SSSR count). The number of halogens is 3. The van der Waals surface area contributed by atoms with Crippen molar-refractivity contribution in [2.24, 2.45) is 0 Å². The molecular weight excluding hydrogens is 253 g/mol. The van der Waals surface area contributed by atoms with E-state index in [1.165, 1.54) is 0 Å². The number of carboxylic acids is 1. The van der Waals surface area contributed by atoms with Crippen LogP contribution in [0.25, 0.3) is 0 Å². The van der Waals surface area contributed by atoms with Crippen molar-refractivity contribution in [2.45, 2.75) is 32.0 Å². The molecule has 0 aliphatic carbocycles. The first-order valence-electron chi connectivity index (χ1n) is 4.24. The van der Waals surface area contributed by atoms with Crippen LogP contribution in [0.1, 0.15) is 19.8 Å². The molecule has 1 aliphatic rings. The van der Waals surface area contributed by atoms with Gasteiger partial charge in [-0.25, -0.2) is 4.79 Å². The lowest BCUT2D eigenvalue weighted by Gasteiger charge is -2.18. The average molecular weight is 264 g/mol. The monoisotopic (exact) mass is 264 g/mol. The summed E-state index contributed by atoms with van der Waals surface area (Å²) < 4.78 is 55.2. The minimum atomic E-state index is -3.67. The van der Waals surface area contributed by atoms with Gasteiger partial charge in [0.1, 0.15) is 0 Å². The van der Waals surface area contributed by atoms with E-state index in [1.807, 2.05) is 0 Å². The van der Waals surface area contributed by atoms with E-state index < -0.39 is 28.4 Å². The number of carbonyl (C=O) groups is 1. The first kappa shape index (κ1) is 15.2. The molecule has 5 nitrogen and oxygen atoms in total. The van der Waals surface area contributed by atoms with Crippen LogP contribution in [-0.4, -0.2) is 37.5 Å². The van der Waals surface area contributed by atoms with Crippen LogP contribution in [0.4, 0.5) is 13.2 Å². The zero-order valence-corrected chi connectivity index (χ0v) is 9.14. The Morgan fingerprint density at radius 3 is 2.06 bits per heavy atom. The molecular formula is C7H11F3O5S. The molecule has 0 aromatic rings. The fourth-order valence-corrected chi connectivity index (χ4v) is 2.57. The van der Waals surface area contributed by atoms with Gasteiger partial charge >= 0.3 is 12.6 Å². The average Bonchev–Trinajstić information content (AvgIpc) is 2.42. The van der Waals surface area contributed by atoms with Crippen molar-refractivity contribution in [2.75, 3.05) is 5.75 Å². The second-order valence-corrected chi connectivity index (χ2v) is 4.69. The van der Waals surface area contributed by atoms with Crippen LogP contribution in [0.2, 0.25) is 0 Å². The topological polar surface area (TPSA) is 80.7 Å². The molecule has 1 fully saturated rings. The SMILES string of the molecule is CCC1(C(=O)O)CCS(=O)(=O)O1.FC(F)F. The fraction of sp³-hybridized carbons (Fsp3) is 0.857. The van der Waals surface area contributed by atoms with Crippen LogP contribution < -0.4 is 0 Å². The lowest BCUT2D eigenvalue weighted by atomic mass is 9.98. The highest BCUT2D eigenvalue weighted by molar-refractivity contribution is 7.87. The van der Waals surface area contributed by atoms with Crippen molar-refractivity contribution in [1.82, 2.24) is 0 Å². The molecule has 0 amide bonds. The molecule has 0 radical (unpaired) electrons. The van der Waals surface area contributed by atoms with E-state index in [-0.39, 0.29) is 18.6 Å². The van der Waals surface area contributed by atoms with Gasteiger partial charge < -0.3 is 5.11 Å². The summed E-state index contributed by atoms with van der Waals surface area (Å²) in [4.78, 5) is 10.7. The van der Waals surface area contributed by atoms with Crippen LogP contribution in [0.15, 0.2) is 0 Å². The Morgan fingerprint density at radius 1 is 1.50 bits per heavy atom. The third-order valence-corrected chi connectivity index (χ3v) is 3.28. The Labute approximate surface area is 90.3 Å². The summed E-state index contributed by atoms with van der Waals surface area (Å²) in [6, 6.07) is 0. The number of hydrogen-bond donors (Lipinski definition) is 1. The summed E-state index contributed by atoms with van der Waals surface area (Å²) >= 11 is 0. The van der Waals surface area contributed by atoms with Gasteiger partial charge in [-0.05, 0) is 6.42 Å². The minimum Gasteiger partial charge on any atom is -0.479 e. The highest BCUT2D eigenvalue weighted by Crippen LogP contribution is 2.31. The quantitative estimate of drug-likeness (QED) is 0.757. The van der Waals surface area contributed by atoms with Gasteiger partial charge in [0.2, 0.25) is 0 Å². The van der Waals surface area contributed by atoms with E-state index in [9.17, 15) is 26.4 Å². The Hall–Kier alpha value is -0.830. The maximum atomic E-state index is 10.8. The lowest BCUT2D eigenvalue weighted by Crippen LogP contribution is -2.37. The predicted molar refractivity (Wildman–Crippen MR) is 47.3 cm³/mol. The Bertz CT molecular complexity index is 339. The van der Waals surface area contributed by atoms with Crippen LogP contribution >= 0.6 is 0 Å². The van der Waals surface area contributed by atoms with E-state index >= 15 is 0 Å². The maximum absolute atomic E-state index is 10.8. The second-order valence-electron chi connectivity index (χ2n) is 3.00. The van der Waals surface area contributed by atoms with Gasteiger partial charge in [-0.15, -0.1) is 0 Å². The second kappa shape index (κ2) is 5.48. The van der Waals surface area contributed by atoms with Gasteiger partial charge in [-0.1, -0.05) is 6.92 Å². The number of carboxylic acid groups (broad SMARTS) is 1. The van der Waals surface area contributed by atoms with Gasteiger partial charge in [0, 0.05) is 6.42 Å². The summed E-state index contributed by atoms with van der Waals surface area (Å²) in [6.07, 6.45) is 0.211. The van der Waals surface area contributed by atoms with Crippen molar-refractivity contribution in [3.8, 4) is 0 Å². The molecule has 16 heavy (non-hydrogen) atoms. The molecule has 1 aliphatic heterocycles. The Morgan fingerprint density at radius 2 is 1.94 bits per heavy atom. The van der Waals surface area contributed by atoms with Crippen LogP contribution in [0.5, 0.6) is 0 Å².